The van der Waals surface area contributed by atoms with Crippen LogP contribution >= 0.6 is 0 Å². The molecule has 2 aliphatic carbocycles. The van der Waals surface area contributed by atoms with Crippen LogP contribution in [-0.4, -0.2) is 0 Å². The number of hydrogen-bond donors (Lipinski definition) is 0. The van der Waals surface area contributed by atoms with Crippen LogP contribution in [-0.2, 0) is 10.8 Å². The zero-order valence-electron chi connectivity index (χ0n) is 37.1. The van der Waals surface area contributed by atoms with E-state index in [-0.39, 0.29) is 5.41 Å². The van der Waals surface area contributed by atoms with Crippen LogP contribution < -0.4 is 4.90 Å². The highest BCUT2D eigenvalue weighted by Crippen LogP contribution is 2.60. The normalized spacial score (nSPS) is 14.1. The van der Waals surface area contributed by atoms with Crippen molar-refractivity contribution in [3.63, 3.8) is 0 Å². The van der Waals surface area contributed by atoms with Crippen molar-refractivity contribution in [1.82, 2.24) is 0 Å². The minimum atomic E-state index is -0.558. The molecule has 0 aliphatic heterocycles. The maximum atomic E-state index is 6.97. The van der Waals surface area contributed by atoms with Gasteiger partial charge in [-0.15, -0.1) is 0 Å². The third-order valence-corrected chi connectivity index (χ3v) is 14.9. The molecular weight excluding hydrogens is 815 g/mol. The Morgan fingerprint density at radius 3 is 1.60 bits per heavy atom. The van der Waals surface area contributed by atoms with E-state index < -0.39 is 5.41 Å². The maximum absolute atomic E-state index is 6.97. The summed E-state index contributed by atoms with van der Waals surface area (Å²) in [5.74, 6) is 0. The standard InChI is InChI=1S/C64H43NO2/c1-63(2)50-28-14-12-25-45(50)46-36-35-43(37-53(46)63)65(54-31-17-30-52-61(54)47-26-13-15-29-51(47)64(52,41-21-8-4-9-22-41)42-23-10-5-11-24-42)55-32-18-34-57-62(55)49-39-58-48(38-59(49)67-57)60-44(27-16-33-56(60)66-58)40-19-6-3-7-20-40/h3-39H,1-2H3. The van der Waals surface area contributed by atoms with Crippen LogP contribution in [0.15, 0.2) is 233 Å². The molecule has 0 saturated carbocycles. The lowest BCUT2D eigenvalue weighted by Crippen LogP contribution is -2.28. The van der Waals surface area contributed by atoms with E-state index in [1.165, 1.54) is 55.6 Å². The molecule has 0 unspecified atom stereocenters. The van der Waals surface area contributed by atoms with Gasteiger partial charge in [0, 0.05) is 32.8 Å². The highest BCUT2D eigenvalue weighted by molar-refractivity contribution is 6.21. The lowest BCUT2D eigenvalue weighted by Gasteiger charge is -2.34. The summed E-state index contributed by atoms with van der Waals surface area (Å²) in [5.41, 5.74) is 20.8. The molecule has 12 aromatic rings. The second kappa shape index (κ2) is 14.1. The summed E-state index contributed by atoms with van der Waals surface area (Å²) in [5, 5.41) is 4.17. The molecule has 3 heteroatoms. The van der Waals surface area contributed by atoms with Gasteiger partial charge in [-0.3, -0.25) is 0 Å². The second-order valence-corrected chi connectivity index (χ2v) is 18.7. The highest BCUT2D eigenvalue weighted by Gasteiger charge is 2.47. The molecule has 0 amide bonds. The van der Waals surface area contributed by atoms with Crippen molar-refractivity contribution >= 4 is 60.9 Å². The van der Waals surface area contributed by atoms with Crippen molar-refractivity contribution in [2.75, 3.05) is 4.90 Å². The third kappa shape index (κ3) is 5.23. The predicted molar refractivity (Wildman–Crippen MR) is 276 cm³/mol. The maximum Gasteiger partial charge on any atom is 0.137 e. The lowest BCUT2D eigenvalue weighted by molar-refractivity contribution is 0.660. The van der Waals surface area contributed by atoms with Crippen LogP contribution in [0.4, 0.5) is 17.1 Å². The first-order valence-corrected chi connectivity index (χ1v) is 23.2. The van der Waals surface area contributed by atoms with Crippen molar-refractivity contribution in [1.29, 1.82) is 0 Å². The van der Waals surface area contributed by atoms with E-state index in [1.807, 2.05) is 0 Å². The monoisotopic (exact) mass is 857 g/mol. The Bertz CT molecular complexity index is 3910. The summed E-state index contributed by atoms with van der Waals surface area (Å²) in [7, 11) is 0. The first-order chi connectivity index (χ1) is 33.0. The van der Waals surface area contributed by atoms with E-state index in [9.17, 15) is 0 Å². The fraction of sp³-hybridized carbons (Fsp3) is 0.0625. The first-order valence-electron chi connectivity index (χ1n) is 23.2. The molecule has 0 saturated heterocycles. The number of rotatable bonds is 6. The summed E-state index contributed by atoms with van der Waals surface area (Å²) in [6.07, 6.45) is 0. The van der Waals surface area contributed by atoms with Crippen molar-refractivity contribution < 1.29 is 8.83 Å². The minimum absolute atomic E-state index is 0.200. The van der Waals surface area contributed by atoms with Crippen molar-refractivity contribution in [3.05, 3.63) is 258 Å². The second-order valence-electron chi connectivity index (χ2n) is 18.7. The number of nitrogens with zero attached hydrogens (tertiary/aromatic N) is 1. The van der Waals surface area contributed by atoms with E-state index in [0.717, 1.165) is 72.1 Å². The van der Waals surface area contributed by atoms with E-state index in [0.29, 0.717) is 0 Å². The van der Waals surface area contributed by atoms with Gasteiger partial charge in [0.25, 0.3) is 0 Å². The summed E-state index contributed by atoms with van der Waals surface area (Å²) in [6.45, 7) is 4.73. The Labute approximate surface area is 388 Å². The molecule has 0 bridgehead atoms. The Morgan fingerprint density at radius 2 is 0.881 bits per heavy atom. The van der Waals surface area contributed by atoms with Crippen LogP contribution in [0.5, 0.6) is 0 Å². The van der Waals surface area contributed by atoms with Crippen LogP contribution in [0.2, 0.25) is 0 Å². The van der Waals surface area contributed by atoms with E-state index in [2.05, 4.69) is 243 Å². The quantitative estimate of drug-likeness (QED) is 0.167. The highest BCUT2D eigenvalue weighted by atomic mass is 16.3. The minimum Gasteiger partial charge on any atom is -0.456 e. The summed E-state index contributed by atoms with van der Waals surface area (Å²) in [6, 6.07) is 81.9. The van der Waals surface area contributed by atoms with Gasteiger partial charge < -0.3 is 13.7 Å². The fourth-order valence-corrected chi connectivity index (χ4v) is 12.1. The molecule has 0 spiro atoms. The average molecular weight is 858 g/mol. The van der Waals surface area contributed by atoms with E-state index in [4.69, 9.17) is 8.83 Å². The van der Waals surface area contributed by atoms with Crippen molar-refractivity contribution in [2.45, 2.75) is 24.7 Å². The average Bonchev–Trinajstić information content (AvgIpc) is 4.09. The van der Waals surface area contributed by atoms with Crippen LogP contribution in [0.1, 0.15) is 47.2 Å². The zero-order chi connectivity index (χ0) is 44.4. The molecule has 2 aliphatic rings. The third-order valence-electron chi connectivity index (χ3n) is 14.9. The molecule has 0 atom stereocenters. The number of benzene rings is 10. The van der Waals surface area contributed by atoms with Gasteiger partial charge in [0.2, 0.25) is 0 Å². The smallest absolute Gasteiger partial charge is 0.137 e. The van der Waals surface area contributed by atoms with Gasteiger partial charge in [-0.25, -0.2) is 0 Å². The topological polar surface area (TPSA) is 29.5 Å². The molecule has 14 rings (SSSR count). The fourth-order valence-electron chi connectivity index (χ4n) is 12.1. The summed E-state index contributed by atoms with van der Waals surface area (Å²) < 4.78 is 13.7. The molecule has 0 radical (unpaired) electrons. The molecule has 2 heterocycles. The lowest BCUT2D eigenvalue weighted by atomic mass is 9.68. The van der Waals surface area contributed by atoms with Crippen LogP contribution in [0.25, 0.3) is 77.3 Å². The molecular formula is C64H43NO2. The SMILES string of the molecule is CC1(C)c2ccccc2-c2ccc(N(c3cccc4c3-c3ccccc3C4(c3ccccc3)c3ccccc3)c3cccc4oc5cc6c(cc5c34)oc3cccc(-c4ccccc4)c36)cc21. The largest absolute Gasteiger partial charge is 0.456 e. The molecule has 67 heavy (non-hydrogen) atoms. The van der Waals surface area contributed by atoms with Crippen LogP contribution in [0.3, 0.4) is 0 Å². The van der Waals surface area contributed by atoms with Gasteiger partial charge in [-0.1, -0.05) is 190 Å². The Balaban J connectivity index is 1.07. The summed E-state index contributed by atoms with van der Waals surface area (Å²) >= 11 is 0. The number of furan rings is 2. The van der Waals surface area contributed by atoms with E-state index >= 15 is 0 Å². The predicted octanol–water partition coefficient (Wildman–Crippen LogP) is 17.3. The van der Waals surface area contributed by atoms with E-state index in [1.54, 1.807) is 0 Å². The molecule has 10 aromatic carbocycles. The van der Waals surface area contributed by atoms with Gasteiger partial charge >= 0.3 is 0 Å². The molecule has 316 valence electrons. The first kappa shape index (κ1) is 37.9. The number of anilines is 3. The van der Waals surface area contributed by atoms with Gasteiger partial charge in [0.15, 0.2) is 0 Å². The van der Waals surface area contributed by atoms with Crippen LogP contribution in [0, 0.1) is 0 Å². The van der Waals surface area contributed by atoms with Gasteiger partial charge in [-0.05, 0) is 110 Å². The Kier molecular flexibility index (Phi) is 7.95. The number of fused-ring (bicyclic) bond motifs is 12. The number of hydrogen-bond acceptors (Lipinski definition) is 3. The van der Waals surface area contributed by atoms with Gasteiger partial charge in [0.1, 0.15) is 22.3 Å². The van der Waals surface area contributed by atoms with Crippen molar-refractivity contribution in [3.8, 4) is 33.4 Å². The zero-order valence-corrected chi connectivity index (χ0v) is 37.1. The van der Waals surface area contributed by atoms with Gasteiger partial charge in [0.05, 0.1) is 22.2 Å². The van der Waals surface area contributed by atoms with Gasteiger partial charge in [-0.2, -0.15) is 0 Å². The molecule has 0 N–H and O–H groups in total. The van der Waals surface area contributed by atoms with Crippen molar-refractivity contribution in [2.24, 2.45) is 0 Å². The Morgan fingerprint density at radius 1 is 0.358 bits per heavy atom. The molecule has 0 fully saturated rings. The summed E-state index contributed by atoms with van der Waals surface area (Å²) in [4.78, 5) is 2.51. The molecule has 2 aromatic heterocycles. The Hall–Kier alpha value is -8.40. The molecule has 3 nitrogen and oxygen atoms in total.